The second-order valence-corrected chi connectivity index (χ2v) is 8.40. The van der Waals surface area contributed by atoms with Crippen LogP contribution >= 0.6 is 0 Å². The SMILES string of the molecule is CCc1ccc(OCC(=O)N(Cc2ccccc2C)[C@@H](C)C(=O)NC2CCCC2)cc1. The van der Waals surface area contributed by atoms with Crippen LogP contribution in [0.15, 0.2) is 48.5 Å². The molecule has 3 rings (SSSR count). The molecule has 166 valence electrons. The van der Waals surface area contributed by atoms with E-state index < -0.39 is 6.04 Å². The Hall–Kier alpha value is -2.82. The molecule has 2 amide bonds. The standard InChI is InChI=1S/C26H34N2O3/c1-4-21-13-15-24(16-14-21)31-18-25(29)28(17-22-10-6-5-9-19(22)2)20(3)26(30)27-23-11-7-8-12-23/h5-6,9-10,13-16,20,23H,4,7-8,11-12,17-18H2,1-3H3,(H,27,30)/t20-/m0/s1. The van der Waals surface area contributed by atoms with Crippen molar-refractivity contribution in [2.75, 3.05) is 6.61 Å². The number of carbonyl (C=O) groups excluding carboxylic acids is 2. The number of nitrogens with zero attached hydrogens (tertiary/aromatic N) is 1. The lowest BCUT2D eigenvalue weighted by molar-refractivity contribution is -0.142. The summed E-state index contributed by atoms with van der Waals surface area (Å²) in [4.78, 5) is 27.7. The van der Waals surface area contributed by atoms with E-state index in [0.717, 1.165) is 43.2 Å². The Labute approximate surface area is 185 Å². The molecule has 5 nitrogen and oxygen atoms in total. The second-order valence-electron chi connectivity index (χ2n) is 8.40. The van der Waals surface area contributed by atoms with Gasteiger partial charge in [-0.05, 0) is 61.9 Å². The molecule has 2 aromatic rings. The molecule has 5 heteroatoms. The largest absolute Gasteiger partial charge is 0.484 e. The number of benzene rings is 2. The Bertz CT molecular complexity index is 872. The van der Waals surface area contributed by atoms with Crippen LogP contribution in [0.1, 0.15) is 56.2 Å². The van der Waals surface area contributed by atoms with Gasteiger partial charge < -0.3 is 15.0 Å². The normalized spacial score (nSPS) is 14.8. The first-order chi connectivity index (χ1) is 15.0. The highest BCUT2D eigenvalue weighted by atomic mass is 16.5. The summed E-state index contributed by atoms with van der Waals surface area (Å²) in [7, 11) is 0. The predicted molar refractivity (Wildman–Crippen MR) is 123 cm³/mol. The van der Waals surface area contributed by atoms with Gasteiger partial charge in [-0.3, -0.25) is 9.59 Å². The summed E-state index contributed by atoms with van der Waals surface area (Å²) >= 11 is 0. The number of ether oxygens (including phenoxy) is 1. The smallest absolute Gasteiger partial charge is 0.261 e. The number of amides is 2. The summed E-state index contributed by atoms with van der Waals surface area (Å²) in [5.41, 5.74) is 3.35. The number of hydrogen-bond acceptors (Lipinski definition) is 3. The van der Waals surface area contributed by atoms with Crippen molar-refractivity contribution in [2.24, 2.45) is 0 Å². The summed E-state index contributed by atoms with van der Waals surface area (Å²) in [5.74, 6) is 0.363. The van der Waals surface area contributed by atoms with Crippen LogP contribution in [0.3, 0.4) is 0 Å². The molecular weight excluding hydrogens is 388 g/mol. The van der Waals surface area contributed by atoms with E-state index in [1.54, 1.807) is 11.8 Å². The second kappa shape index (κ2) is 11.0. The van der Waals surface area contributed by atoms with Gasteiger partial charge in [0, 0.05) is 12.6 Å². The van der Waals surface area contributed by atoms with Crippen molar-refractivity contribution in [3.05, 3.63) is 65.2 Å². The lowest BCUT2D eigenvalue weighted by atomic mass is 10.1. The van der Waals surface area contributed by atoms with Crippen LogP contribution in [-0.2, 0) is 22.6 Å². The Kier molecular flexibility index (Phi) is 8.10. The van der Waals surface area contributed by atoms with Gasteiger partial charge in [-0.1, -0.05) is 56.2 Å². The van der Waals surface area contributed by atoms with Crippen molar-refractivity contribution in [1.29, 1.82) is 0 Å². The van der Waals surface area contributed by atoms with Crippen LogP contribution in [0.2, 0.25) is 0 Å². The molecule has 0 unspecified atom stereocenters. The molecule has 0 spiro atoms. The summed E-state index contributed by atoms with van der Waals surface area (Å²) in [6.07, 6.45) is 5.28. The lowest BCUT2D eigenvalue weighted by Gasteiger charge is -2.30. The van der Waals surface area contributed by atoms with E-state index in [-0.39, 0.29) is 24.5 Å². The number of nitrogens with one attached hydrogen (secondary N) is 1. The third-order valence-corrected chi connectivity index (χ3v) is 6.16. The van der Waals surface area contributed by atoms with E-state index in [4.69, 9.17) is 4.74 Å². The number of rotatable bonds is 9. The van der Waals surface area contributed by atoms with Crippen molar-refractivity contribution in [2.45, 2.75) is 71.5 Å². The van der Waals surface area contributed by atoms with E-state index in [1.807, 2.05) is 55.5 Å². The fourth-order valence-electron chi connectivity index (χ4n) is 3.99. The molecule has 1 saturated carbocycles. The van der Waals surface area contributed by atoms with Crippen molar-refractivity contribution in [1.82, 2.24) is 10.2 Å². The molecule has 0 saturated heterocycles. The molecule has 0 bridgehead atoms. The highest BCUT2D eigenvalue weighted by Gasteiger charge is 2.29. The van der Waals surface area contributed by atoms with Gasteiger partial charge in [0.2, 0.25) is 5.91 Å². The van der Waals surface area contributed by atoms with Gasteiger partial charge in [-0.2, -0.15) is 0 Å². The number of aryl methyl sites for hydroxylation is 2. The molecule has 31 heavy (non-hydrogen) atoms. The zero-order valence-electron chi connectivity index (χ0n) is 18.9. The maximum absolute atomic E-state index is 13.2. The maximum Gasteiger partial charge on any atom is 0.261 e. The molecule has 1 N–H and O–H groups in total. The fraction of sp³-hybridized carbons (Fsp3) is 0.462. The minimum Gasteiger partial charge on any atom is -0.484 e. The summed E-state index contributed by atoms with van der Waals surface area (Å²) in [5, 5.41) is 3.13. The monoisotopic (exact) mass is 422 g/mol. The molecular formula is C26H34N2O3. The Morgan fingerprint density at radius 2 is 1.77 bits per heavy atom. The maximum atomic E-state index is 13.2. The van der Waals surface area contributed by atoms with Gasteiger partial charge >= 0.3 is 0 Å². The van der Waals surface area contributed by atoms with Crippen molar-refractivity contribution in [3.63, 3.8) is 0 Å². The zero-order chi connectivity index (χ0) is 22.2. The van der Waals surface area contributed by atoms with Crippen molar-refractivity contribution in [3.8, 4) is 5.75 Å². The van der Waals surface area contributed by atoms with Crippen LogP contribution in [-0.4, -0.2) is 35.4 Å². The van der Waals surface area contributed by atoms with E-state index in [1.165, 1.54) is 5.56 Å². The number of carbonyl (C=O) groups is 2. The summed E-state index contributed by atoms with van der Waals surface area (Å²) < 4.78 is 5.76. The van der Waals surface area contributed by atoms with E-state index in [9.17, 15) is 9.59 Å². The van der Waals surface area contributed by atoms with E-state index in [0.29, 0.717) is 12.3 Å². The molecule has 1 aliphatic rings. The van der Waals surface area contributed by atoms with Gasteiger partial charge in [0.25, 0.3) is 5.91 Å². The van der Waals surface area contributed by atoms with Crippen molar-refractivity contribution >= 4 is 11.8 Å². The molecule has 0 heterocycles. The van der Waals surface area contributed by atoms with E-state index in [2.05, 4.69) is 12.2 Å². The van der Waals surface area contributed by atoms with Crippen LogP contribution in [0.5, 0.6) is 5.75 Å². The third-order valence-electron chi connectivity index (χ3n) is 6.16. The third kappa shape index (κ3) is 6.33. The van der Waals surface area contributed by atoms with Crippen molar-refractivity contribution < 1.29 is 14.3 Å². The van der Waals surface area contributed by atoms with Gasteiger partial charge in [-0.15, -0.1) is 0 Å². The first-order valence-corrected chi connectivity index (χ1v) is 11.3. The average Bonchev–Trinajstić information content (AvgIpc) is 3.30. The zero-order valence-corrected chi connectivity index (χ0v) is 18.9. The minimum atomic E-state index is -0.571. The van der Waals surface area contributed by atoms with Gasteiger partial charge in [0.1, 0.15) is 11.8 Å². The van der Waals surface area contributed by atoms with Gasteiger partial charge in [0.15, 0.2) is 6.61 Å². The van der Waals surface area contributed by atoms with Gasteiger partial charge in [0.05, 0.1) is 0 Å². The Balaban J connectivity index is 1.70. The lowest BCUT2D eigenvalue weighted by Crippen LogP contribution is -2.50. The van der Waals surface area contributed by atoms with Crippen LogP contribution < -0.4 is 10.1 Å². The minimum absolute atomic E-state index is 0.0962. The molecule has 2 aromatic carbocycles. The molecule has 0 aromatic heterocycles. The Morgan fingerprint density at radius 3 is 2.42 bits per heavy atom. The topological polar surface area (TPSA) is 58.6 Å². The van der Waals surface area contributed by atoms with Crippen LogP contribution in [0, 0.1) is 6.92 Å². The predicted octanol–water partition coefficient (Wildman–Crippen LogP) is 4.41. The molecule has 0 radical (unpaired) electrons. The first-order valence-electron chi connectivity index (χ1n) is 11.3. The summed E-state index contributed by atoms with van der Waals surface area (Å²) in [6, 6.07) is 15.4. The highest BCUT2D eigenvalue weighted by Crippen LogP contribution is 2.19. The first kappa shape index (κ1) is 22.9. The molecule has 1 aliphatic carbocycles. The molecule has 1 fully saturated rings. The summed E-state index contributed by atoms with van der Waals surface area (Å²) in [6.45, 7) is 6.20. The molecule has 0 aliphatic heterocycles. The quantitative estimate of drug-likeness (QED) is 0.651. The highest BCUT2D eigenvalue weighted by molar-refractivity contribution is 5.88. The van der Waals surface area contributed by atoms with E-state index >= 15 is 0 Å². The van der Waals surface area contributed by atoms with Gasteiger partial charge in [-0.25, -0.2) is 0 Å². The Morgan fingerprint density at radius 1 is 1.10 bits per heavy atom. The van der Waals surface area contributed by atoms with Crippen LogP contribution in [0.25, 0.3) is 0 Å². The molecule has 1 atom stereocenters. The fourth-order valence-corrected chi connectivity index (χ4v) is 3.99. The average molecular weight is 423 g/mol. The number of hydrogen-bond donors (Lipinski definition) is 1. The van der Waals surface area contributed by atoms with Crippen LogP contribution in [0.4, 0.5) is 0 Å².